The molecule has 0 aliphatic rings. The van der Waals surface area contributed by atoms with Crippen molar-refractivity contribution >= 4 is 17.9 Å². The Morgan fingerprint density at radius 2 is 1.23 bits per heavy atom. The molecule has 0 fully saturated rings. The first kappa shape index (κ1) is 44.5. The summed E-state index contributed by atoms with van der Waals surface area (Å²) < 4.78 is 16.9. The van der Waals surface area contributed by atoms with Gasteiger partial charge in [-0.1, -0.05) is 108 Å². The maximum absolute atomic E-state index is 12.6. The number of rotatable bonds is 32. The molecule has 2 unspecified atom stereocenters. The number of hydrogen-bond acceptors (Lipinski definition) is 7. The van der Waals surface area contributed by atoms with Gasteiger partial charge >= 0.3 is 11.9 Å². The molecule has 8 heteroatoms. The van der Waals surface area contributed by atoms with Crippen LogP contribution in [-0.4, -0.2) is 75.5 Å². The number of nitrogens with zero attached hydrogens (tertiary/aromatic N) is 1. The summed E-state index contributed by atoms with van der Waals surface area (Å²) in [6.07, 6.45) is 32.1. The average molecular weight is 664 g/mol. The van der Waals surface area contributed by atoms with E-state index in [1.807, 2.05) is 12.2 Å². The third-order valence-corrected chi connectivity index (χ3v) is 8.02. The van der Waals surface area contributed by atoms with E-state index < -0.39 is 18.1 Å². The molecule has 0 spiro atoms. The van der Waals surface area contributed by atoms with E-state index in [4.69, 9.17) is 14.2 Å². The molecular formula is C39H69NO7. The van der Waals surface area contributed by atoms with E-state index in [2.05, 4.69) is 38.2 Å². The van der Waals surface area contributed by atoms with Crippen molar-refractivity contribution in [2.75, 3.05) is 41.0 Å². The molecule has 0 N–H and O–H groups in total. The zero-order chi connectivity index (χ0) is 35.0. The van der Waals surface area contributed by atoms with E-state index in [1.165, 1.54) is 57.8 Å². The summed E-state index contributed by atoms with van der Waals surface area (Å²) in [5.74, 6) is -1.84. The van der Waals surface area contributed by atoms with Crippen LogP contribution in [0.1, 0.15) is 142 Å². The Kier molecular flexibility index (Phi) is 29.2. The molecule has 47 heavy (non-hydrogen) atoms. The maximum Gasteiger partial charge on any atom is 0.306 e. The van der Waals surface area contributed by atoms with Crippen LogP contribution < -0.4 is 5.11 Å². The molecule has 0 bridgehead atoms. The van der Waals surface area contributed by atoms with Crippen LogP contribution in [-0.2, 0) is 28.6 Å². The molecule has 0 aromatic heterocycles. The van der Waals surface area contributed by atoms with Gasteiger partial charge in [0.15, 0.2) is 6.10 Å². The lowest BCUT2D eigenvalue weighted by Crippen LogP contribution is -2.55. The molecule has 0 saturated carbocycles. The molecular weight excluding hydrogens is 594 g/mol. The van der Waals surface area contributed by atoms with Crippen molar-refractivity contribution in [2.24, 2.45) is 0 Å². The summed E-state index contributed by atoms with van der Waals surface area (Å²) in [6.45, 7) is 4.42. The summed E-state index contributed by atoms with van der Waals surface area (Å²) >= 11 is 0. The van der Waals surface area contributed by atoms with Gasteiger partial charge < -0.3 is 28.6 Å². The van der Waals surface area contributed by atoms with E-state index in [1.54, 1.807) is 21.1 Å². The SMILES string of the molecule is CC/C=C/C/C=C/CCC(=O)OCC(COCCC(C(=O)[O-])[N+](C)(C)C)OC(=O)CCCCCCC/C=C/CCCCCCCCC. The molecule has 272 valence electrons. The average Bonchev–Trinajstić information content (AvgIpc) is 3.01. The standard InChI is InChI=1S/C39H69NO7/c1-6-8-10-12-14-15-16-17-18-19-20-21-22-24-26-28-30-38(42)47-35(33-45-32-31-36(39(43)44)40(3,4)5)34-46-37(41)29-27-25-23-13-11-9-7-2/h9,11,18-19,23,25,35-36H,6-8,10,12-17,20-22,24,26-34H2,1-5H3/b11-9+,19-18+,25-23+. The van der Waals surface area contributed by atoms with Crippen LogP contribution in [0.15, 0.2) is 36.5 Å². The van der Waals surface area contributed by atoms with Crippen molar-refractivity contribution in [1.82, 2.24) is 0 Å². The van der Waals surface area contributed by atoms with Gasteiger partial charge in [0.1, 0.15) is 12.6 Å². The fraction of sp³-hybridized carbons (Fsp3) is 0.769. The number of ether oxygens (including phenoxy) is 3. The lowest BCUT2D eigenvalue weighted by atomic mass is 10.1. The number of quaternary nitrogens is 1. The number of allylic oxidation sites excluding steroid dienone is 6. The van der Waals surface area contributed by atoms with Gasteiger partial charge in [0.25, 0.3) is 0 Å². The molecule has 0 aromatic rings. The van der Waals surface area contributed by atoms with Crippen LogP contribution in [0.4, 0.5) is 0 Å². The maximum atomic E-state index is 12.6. The van der Waals surface area contributed by atoms with E-state index in [0.717, 1.165) is 44.9 Å². The minimum Gasteiger partial charge on any atom is -0.544 e. The predicted molar refractivity (Wildman–Crippen MR) is 190 cm³/mol. The number of hydrogen-bond donors (Lipinski definition) is 0. The van der Waals surface area contributed by atoms with Crippen molar-refractivity contribution < 1.29 is 38.2 Å². The van der Waals surface area contributed by atoms with Crippen molar-refractivity contribution in [3.63, 3.8) is 0 Å². The number of carboxylic acids is 1. The Hall–Kier alpha value is -2.45. The van der Waals surface area contributed by atoms with Gasteiger partial charge in [-0.2, -0.15) is 0 Å². The molecule has 0 radical (unpaired) electrons. The highest BCUT2D eigenvalue weighted by Crippen LogP contribution is 2.12. The molecule has 2 atom stereocenters. The Bertz CT molecular complexity index is 875. The van der Waals surface area contributed by atoms with Gasteiger partial charge in [-0.25, -0.2) is 0 Å². The lowest BCUT2D eigenvalue weighted by molar-refractivity contribution is -0.889. The lowest BCUT2D eigenvalue weighted by Gasteiger charge is -2.34. The molecule has 0 heterocycles. The number of likely N-dealkylation sites (N-methyl/N-ethyl adjacent to an activating group) is 1. The molecule has 8 nitrogen and oxygen atoms in total. The summed E-state index contributed by atoms with van der Waals surface area (Å²) in [6, 6.07) is -0.731. The largest absolute Gasteiger partial charge is 0.544 e. The zero-order valence-electron chi connectivity index (χ0n) is 30.7. The quantitative estimate of drug-likeness (QED) is 0.0313. The normalized spacial score (nSPS) is 13.5. The summed E-state index contributed by atoms with van der Waals surface area (Å²) in [5, 5.41) is 11.5. The summed E-state index contributed by atoms with van der Waals surface area (Å²) in [5.41, 5.74) is 0. The molecule has 0 saturated heterocycles. The third kappa shape index (κ3) is 29.4. The zero-order valence-corrected chi connectivity index (χ0v) is 30.7. The van der Waals surface area contributed by atoms with Gasteiger partial charge in [0, 0.05) is 19.3 Å². The van der Waals surface area contributed by atoms with E-state index >= 15 is 0 Å². The number of carbonyl (C=O) groups excluding carboxylic acids is 3. The van der Waals surface area contributed by atoms with Crippen LogP contribution in [0.3, 0.4) is 0 Å². The fourth-order valence-electron chi connectivity index (χ4n) is 5.12. The number of aliphatic carboxylic acids is 1. The smallest absolute Gasteiger partial charge is 0.306 e. The highest BCUT2D eigenvalue weighted by Gasteiger charge is 2.25. The van der Waals surface area contributed by atoms with Gasteiger partial charge in [0.05, 0.1) is 40.3 Å². The minimum atomic E-state index is -1.14. The highest BCUT2D eigenvalue weighted by molar-refractivity contribution is 5.70. The molecule has 0 amide bonds. The van der Waals surface area contributed by atoms with E-state index in [-0.39, 0.29) is 49.1 Å². The van der Waals surface area contributed by atoms with Gasteiger partial charge in [-0.15, -0.1) is 0 Å². The van der Waals surface area contributed by atoms with E-state index in [9.17, 15) is 19.5 Å². The second-order valence-corrected chi connectivity index (χ2v) is 13.4. The van der Waals surface area contributed by atoms with Crippen LogP contribution in [0.25, 0.3) is 0 Å². The predicted octanol–water partition coefficient (Wildman–Crippen LogP) is 7.79. The topological polar surface area (TPSA) is 102 Å². The second-order valence-electron chi connectivity index (χ2n) is 13.4. The van der Waals surface area contributed by atoms with Crippen molar-refractivity contribution in [2.45, 2.75) is 154 Å². The molecule has 0 rings (SSSR count). The van der Waals surface area contributed by atoms with Crippen molar-refractivity contribution in [1.29, 1.82) is 0 Å². The number of unbranched alkanes of at least 4 members (excludes halogenated alkanes) is 12. The number of esters is 2. The van der Waals surface area contributed by atoms with Crippen LogP contribution in [0.5, 0.6) is 0 Å². The van der Waals surface area contributed by atoms with Gasteiger partial charge in [-0.05, 0) is 51.4 Å². The van der Waals surface area contributed by atoms with Crippen molar-refractivity contribution in [3.8, 4) is 0 Å². The molecule has 0 aromatic carbocycles. The third-order valence-electron chi connectivity index (χ3n) is 8.02. The van der Waals surface area contributed by atoms with Crippen LogP contribution in [0.2, 0.25) is 0 Å². The van der Waals surface area contributed by atoms with Crippen LogP contribution >= 0.6 is 0 Å². The van der Waals surface area contributed by atoms with E-state index in [0.29, 0.717) is 12.8 Å². The first-order chi connectivity index (χ1) is 22.6. The highest BCUT2D eigenvalue weighted by atomic mass is 16.6. The first-order valence-electron chi connectivity index (χ1n) is 18.5. The van der Waals surface area contributed by atoms with Crippen molar-refractivity contribution in [3.05, 3.63) is 36.5 Å². The Balaban J connectivity index is 4.41. The Morgan fingerprint density at radius 1 is 0.660 bits per heavy atom. The minimum absolute atomic E-state index is 0.0199. The first-order valence-corrected chi connectivity index (χ1v) is 18.5. The Labute approximate surface area is 287 Å². The summed E-state index contributed by atoms with van der Waals surface area (Å²) in [4.78, 5) is 36.4. The van der Waals surface area contributed by atoms with Crippen LogP contribution in [0, 0.1) is 0 Å². The monoisotopic (exact) mass is 664 g/mol. The van der Waals surface area contributed by atoms with Gasteiger partial charge in [-0.3, -0.25) is 9.59 Å². The second kappa shape index (κ2) is 30.9. The molecule has 0 aliphatic heterocycles. The fourth-order valence-corrected chi connectivity index (χ4v) is 5.12. The number of carbonyl (C=O) groups is 3. The number of carboxylic acid groups (broad SMARTS) is 1. The summed E-state index contributed by atoms with van der Waals surface area (Å²) in [7, 11) is 5.37. The molecule has 0 aliphatic carbocycles. The van der Waals surface area contributed by atoms with Gasteiger partial charge in [0.2, 0.25) is 0 Å². The Morgan fingerprint density at radius 3 is 1.83 bits per heavy atom.